The standard InChI is InChI=1S/C20H20N6O2S/c1-13-4-6-17(7-5-13)25-29(27,28)18-10-8-16(9-11-18)23-19-12-14(2)21-20-22-15(3)24-26(19)20/h4-12,23,25H,1-3H3. The monoisotopic (exact) mass is 408 g/mol. The summed E-state index contributed by atoms with van der Waals surface area (Å²) in [5.74, 6) is 1.82. The van der Waals surface area contributed by atoms with E-state index in [2.05, 4.69) is 25.1 Å². The second-order valence-corrected chi connectivity index (χ2v) is 8.46. The van der Waals surface area contributed by atoms with Crippen molar-refractivity contribution in [3.05, 3.63) is 71.7 Å². The van der Waals surface area contributed by atoms with Crippen molar-refractivity contribution in [3.8, 4) is 0 Å². The lowest BCUT2D eigenvalue weighted by Gasteiger charge is -2.11. The molecule has 8 nitrogen and oxygen atoms in total. The van der Waals surface area contributed by atoms with Gasteiger partial charge in [0.15, 0.2) is 0 Å². The predicted octanol–water partition coefficient (Wildman–Crippen LogP) is 3.59. The van der Waals surface area contributed by atoms with Gasteiger partial charge in [-0.15, -0.1) is 5.10 Å². The third-order valence-corrected chi connectivity index (χ3v) is 5.68. The summed E-state index contributed by atoms with van der Waals surface area (Å²) in [6.45, 7) is 5.62. The van der Waals surface area contributed by atoms with Gasteiger partial charge in [-0.25, -0.2) is 13.4 Å². The minimum atomic E-state index is -3.67. The van der Waals surface area contributed by atoms with Crippen LogP contribution in [0.1, 0.15) is 17.1 Å². The molecule has 2 N–H and O–H groups in total. The van der Waals surface area contributed by atoms with Gasteiger partial charge in [-0.3, -0.25) is 4.72 Å². The number of aryl methyl sites for hydroxylation is 3. The molecule has 0 saturated carbocycles. The minimum Gasteiger partial charge on any atom is -0.340 e. The molecule has 4 rings (SSSR count). The third-order valence-electron chi connectivity index (χ3n) is 4.29. The number of hydrogen-bond donors (Lipinski definition) is 2. The van der Waals surface area contributed by atoms with Crippen LogP contribution in [-0.4, -0.2) is 28.0 Å². The molecule has 9 heteroatoms. The molecule has 4 aromatic rings. The predicted molar refractivity (Wildman–Crippen MR) is 112 cm³/mol. The van der Waals surface area contributed by atoms with E-state index in [1.54, 1.807) is 47.8 Å². The number of hydrogen-bond acceptors (Lipinski definition) is 6. The maximum atomic E-state index is 12.6. The summed E-state index contributed by atoms with van der Waals surface area (Å²) in [6.07, 6.45) is 0. The van der Waals surface area contributed by atoms with Gasteiger partial charge < -0.3 is 5.32 Å². The van der Waals surface area contributed by atoms with Crippen molar-refractivity contribution in [2.24, 2.45) is 0 Å². The Morgan fingerprint density at radius 2 is 1.52 bits per heavy atom. The summed E-state index contributed by atoms with van der Waals surface area (Å²) in [5, 5.41) is 7.58. The number of rotatable bonds is 5. The van der Waals surface area contributed by atoms with Crippen molar-refractivity contribution in [2.45, 2.75) is 25.7 Å². The zero-order chi connectivity index (χ0) is 20.6. The number of sulfonamides is 1. The van der Waals surface area contributed by atoms with Crippen LogP contribution < -0.4 is 10.0 Å². The van der Waals surface area contributed by atoms with Gasteiger partial charge in [0, 0.05) is 23.1 Å². The van der Waals surface area contributed by atoms with Gasteiger partial charge in [0.1, 0.15) is 11.6 Å². The Balaban J connectivity index is 1.57. The Morgan fingerprint density at radius 3 is 2.21 bits per heavy atom. The van der Waals surface area contributed by atoms with Crippen LogP contribution in [0, 0.1) is 20.8 Å². The van der Waals surface area contributed by atoms with Crippen molar-refractivity contribution in [1.82, 2.24) is 19.6 Å². The van der Waals surface area contributed by atoms with E-state index in [0.717, 1.165) is 16.9 Å². The van der Waals surface area contributed by atoms with Crippen LogP contribution in [0.4, 0.5) is 17.2 Å². The highest BCUT2D eigenvalue weighted by molar-refractivity contribution is 7.92. The fourth-order valence-electron chi connectivity index (χ4n) is 2.88. The quantitative estimate of drug-likeness (QED) is 0.523. The number of nitrogens with zero attached hydrogens (tertiary/aromatic N) is 4. The highest BCUT2D eigenvalue weighted by atomic mass is 32.2. The summed E-state index contributed by atoms with van der Waals surface area (Å²) in [6, 6.07) is 15.5. The van der Waals surface area contributed by atoms with Crippen molar-refractivity contribution in [2.75, 3.05) is 10.0 Å². The molecule has 0 bridgehead atoms. The Morgan fingerprint density at radius 1 is 0.862 bits per heavy atom. The summed E-state index contributed by atoms with van der Waals surface area (Å²) in [5.41, 5.74) is 3.11. The SMILES string of the molecule is Cc1ccc(NS(=O)(=O)c2ccc(Nc3cc(C)nc4nc(C)nn34)cc2)cc1. The zero-order valence-electron chi connectivity index (χ0n) is 16.2. The first-order valence-electron chi connectivity index (χ1n) is 8.98. The summed E-state index contributed by atoms with van der Waals surface area (Å²) < 4.78 is 29.4. The minimum absolute atomic E-state index is 0.177. The first kappa shape index (κ1) is 18.9. The van der Waals surface area contributed by atoms with Gasteiger partial charge >= 0.3 is 0 Å². The highest BCUT2D eigenvalue weighted by Crippen LogP contribution is 2.22. The van der Waals surface area contributed by atoms with Crippen LogP contribution >= 0.6 is 0 Å². The van der Waals surface area contributed by atoms with Crippen LogP contribution in [0.2, 0.25) is 0 Å². The lowest BCUT2D eigenvalue weighted by molar-refractivity contribution is 0.601. The molecule has 148 valence electrons. The molecule has 2 heterocycles. The molecular weight excluding hydrogens is 388 g/mol. The maximum absolute atomic E-state index is 12.6. The molecule has 0 atom stereocenters. The molecule has 0 aliphatic rings. The van der Waals surface area contributed by atoms with Crippen LogP contribution in [0.5, 0.6) is 0 Å². The van der Waals surface area contributed by atoms with Crippen LogP contribution in [-0.2, 0) is 10.0 Å². The van der Waals surface area contributed by atoms with E-state index in [4.69, 9.17) is 0 Å². The van der Waals surface area contributed by atoms with Gasteiger partial charge in [-0.05, 0) is 57.2 Å². The van der Waals surface area contributed by atoms with Gasteiger partial charge in [0.25, 0.3) is 15.8 Å². The van der Waals surface area contributed by atoms with Crippen LogP contribution in [0.3, 0.4) is 0 Å². The van der Waals surface area contributed by atoms with E-state index in [1.807, 2.05) is 32.0 Å². The van der Waals surface area contributed by atoms with E-state index in [-0.39, 0.29) is 4.90 Å². The van der Waals surface area contributed by atoms with Crippen molar-refractivity contribution >= 4 is 33.0 Å². The van der Waals surface area contributed by atoms with Crippen LogP contribution in [0.25, 0.3) is 5.78 Å². The van der Waals surface area contributed by atoms with E-state index in [0.29, 0.717) is 23.1 Å². The fraction of sp³-hybridized carbons (Fsp3) is 0.150. The highest BCUT2D eigenvalue weighted by Gasteiger charge is 2.14. The van der Waals surface area contributed by atoms with Gasteiger partial charge in [0.05, 0.1) is 4.90 Å². The number of anilines is 3. The molecular formula is C20H20N6O2S. The number of fused-ring (bicyclic) bond motifs is 1. The second-order valence-electron chi connectivity index (χ2n) is 6.77. The molecule has 0 aliphatic carbocycles. The maximum Gasteiger partial charge on any atom is 0.261 e. The zero-order valence-corrected chi connectivity index (χ0v) is 17.0. The number of aromatic nitrogens is 4. The Hall–Kier alpha value is -3.46. The lowest BCUT2D eigenvalue weighted by atomic mass is 10.2. The molecule has 0 radical (unpaired) electrons. The lowest BCUT2D eigenvalue weighted by Crippen LogP contribution is -2.12. The van der Waals surface area contributed by atoms with E-state index >= 15 is 0 Å². The third kappa shape index (κ3) is 4.04. The molecule has 0 amide bonds. The first-order valence-corrected chi connectivity index (χ1v) is 10.5. The topological polar surface area (TPSA) is 101 Å². The van der Waals surface area contributed by atoms with Gasteiger partial charge in [-0.1, -0.05) is 17.7 Å². The molecule has 2 aromatic heterocycles. The largest absolute Gasteiger partial charge is 0.340 e. The number of nitrogens with one attached hydrogen (secondary N) is 2. The van der Waals surface area contributed by atoms with Gasteiger partial charge in [0.2, 0.25) is 0 Å². The summed E-state index contributed by atoms with van der Waals surface area (Å²) in [4.78, 5) is 8.81. The summed E-state index contributed by atoms with van der Waals surface area (Å²) >= 11 is 0. The Bertz CT molecular complexity index is 1280. The molecule has 29 heavy (non-hydrogen) atoms. The van der Waals surface area contributed by atoms with E-state index in [1.165, 1.54) is 0 Å². The molecule has 0 unspecified atom stereocenters. The average molecular weight is 408 g/mol. The molecule has 0 saturated heterocycles. The van der Waals surface area contributed by atoms with Crippen molar-refractivity contribution < 1.29 is 8.42 Å². The Kier molecular flexibility index (Phi) is 4.67. The first-order chi connectivity index (χ1) is 13.8. The number of benzene rings is 2. The average Bonchev–Trinajstić information content (AvgIpc) is 3.04. The normalized spacial score (nSPS) is 11.6. The summed E-state index contributed by atoms with van der Waals surface area (Å²) in [7, 11) is -3.67. The van der Waals surface area contributed by atoms with E-state index < -0.39 is 10.0 Å². The fourth-order valence-corrected chi connectivity index (χ4v) is 3.94. The van der Waals surface area contributed by atoms with Gasteiger partial charge in [-0.2, -0.15) is 9.50 Å². The Labute approximate surface area is 168 Å². The van der Waals surface area contributed by atoms with E-state index in [9.17, 15) is 8.42 Å². The molecule has 0 aliphatic heterocycles. The smallest absolute Gasteiger partial charge is 0.261 e. The molecule has 0 spiro atoms. The molecule has 2 aromatic carbocycles. The van der Waals surface area contributed by atoms with Crippen LogP contribution in [0.15, 0.2) is 59.5 Å². The van der Waals surface area contributed by atoms with Crippen molar-refractivity contribution in [1.29, 1.82) is 0 Å². The molecule has 0 fully saturated rings. The van der Waals surface area contributed by atoms with Crippen molar-refractivity contribution in [3.63, 3.8) is 0 Å². The second kappa shape index (κ2) is 7.17.